The Kier molecular flexibility index (Phi) is 7.92. The summed E-state index contributed by atoms with van der Waals surface area (Å²) in [5.74, 6) is 1.19. The number of aromatic nitrogens is 2. The average Bonchev–Trinajstić information content (AvgIpc) is 2.78. The largest absolute Gasteiger partial charge is 0.308 e. The van der Waals surface area contributed by atoms with Crippen LogP contribution < -0.4 is 5.32 Å². The van der Waals surface area contributed by atoms with Crippen LogP contribution in [0.2, 0.25) is 0 Å². The highest BCUT2D eigenvalue weighted by molar-refractivity contribution is 9.10. The summed E-state index contributed by atoms with van der Waals surface area (Å²) >= 11 is 3.70. The lowest BCUT2D eigenvalue weighted by molar-refractivity contribution is 0.283. The molecule has 122 valence electrons. The molecule has 5 heteroatoms. The third-order valence-electron chi connectivity index (χ3n) is 4.08. The standard InChI is InChI=1S/C16H31BrN4/c1-7-8-18-15(13(4)12(2)3)16-14(17)11-19-21(16)10-9-20(5)6/h11-13,15,18H,7-10H2,1-6H3. The van der Waals surface area contributed by atoms with Crippen LogP contribution in [0.4, 0.5) is 0 Å². The van der Waals surface area contributed by atoms with Gasteiger partial charge in [-0.15, -0.1) is 0 Å². The van der Waals surface area contributed by atoms with Gasteiger partial charge in [-0.3, -0.25) is 4.68 Å². The Morgan fingerprint density at radius 1 is 1.33 bits per heavy atom. The first-order chi connectivity index (χ1) is 9.88. The molecule has 21 heavy (non-hydrogen) atoms. The maximum atomic E-state index is 4.56. The van der Waals surface area contributed by atoms with Gasteiger partial charge < -0.3 is 10.2 Å². The van der Waals surface area contributed by atoms with E-state index in [-0.39, 0.29) is 0 Å². The Balaban J connectivity index is 3.02. The first kappa shape index (κ1) is 18.7. The molecule has 0 bridgehead atoms. The quantitative estimate of drug-likeness (QED) is 0.732. The molecule has 1 heterocycles. The minimum atomic E-state index is 0.337. The van der Waals surface area contributed by atoms with Gasteiger partial charge in [-0.2, -0.15) is 5.10 Å². The SMILES string of the molecule is CCCNC(c1c(Br)cnn1CCN(C)C)C(C)C(C)C. The summed E-state index contributed by atoms with van der Waals surface area (Å²) in [5.41, 5.74) is 1.28. The predicted octanol–water partition coefficient (Wildman–Crippen LogP) is 3.54. The minimum absolute atomic E-state index is 0.337. The summed E-state index contributed by atoms with van der Waals surface area (Å²) in [6.45, 7) is 12.1. The summed E-state index contributed by atoms with van der Waals surface area (Å²) in [5, 5.41) is 8.28. The second-order valence-corrected chi connectivity index (χ2v) is 7.29. The van der Waals surface area contributed by atoms with Gasteiger partial charge in [0, 0.05) is 6.54 Å². The average molecular weight is 359 g/mol. The fourth-order valence-corrected chi connectivity index (χ4v) is 2.91. The number of nitrogens with zero attached hydrogens (tertiary/aromatic N) is 3. The van der Waals surface area contributed by atoms with E-state index >= 15 is 0 Å². The van der Waals surface area contributed by atoms with Crippen molar-refractivity contribution in [3.8, 4) is 0 Å². The van der Waals surface area contributed by atoms with Crippen LogP contribution in [-0.4, -0.2) is 41.9 Å². The molecule has 1 N–H and O–H groups in total. The van der Waals surface area contributed by atoms with Crippen LogP contribution in [-0.2, 0) is 6.54 Å². The van der Waals surface area contributed by atoms with E-state index < -0.39 is 0 Å². The van der Waals surface area contributed by atoms with Crippen LogP contribution in [0.5, 0.6) is 0 Å². The molecule has 0 radical (unpaired) electrons. The fourth-order valence-electron chi connectivity index (χ4n) is 2.37. The van der Waals surface area contributed by atoms with Gasteiger partial charge >= 0.3 is 0 Å². The van der Waals surface area contributed by atoms with Crippen molar-refractivity contribution in [1.29, 1.82) is 0 Å². The summed E-state index contributed by atoms with van der Waals surface area (Å²) in [6.07, 6.45) is 3.07. The lowest BCUT2D eigenvalue weighted by Crippen LogP contribution is -2.33. The fraction of sp³-hybridized carbons (Fsp3) is 0.812. The van der Waals surface area contributed by atoms with Gasteiger partial charge in [-0.1, -0.05) is 27.7 Å². The molecule has 1 aromatic rings. The van der Waals surface area contributed by atoms with Crippen molar-refractivity contribution >= 4 is 15.9 Å². The van der Waals surface area contributed by atoms with Crippen molar-refractivity contribution in [2.75, 3.05) is 27.2 Å². The highest BCUT2D eigenvalue weighted by Crippen LogP contribution is 2.32. The van der Waals surface area contributed by atoms with Crippen molar-refractivity contribution in [1.82, 2.24) is 20.0 Å². The number of likely N-dealkylation sites (N-methyl/N-ethyl adjacent to an activating group) is 1. The van der Waals surface area contributed by atoms with E-state index in [1.165, 1.54) is 5.69 Å². The third-order valence-corrected chi connectivity index (χ3v) is 4.69. The number of hydrogen-bond donors (Lipinski definition) is 1. The molecular formula is C16H31BrN4. The second-order valence-electron chi connectivity index (χ2n) is 6.44. The molecule has 0 amide bonds. The molecule has 0 spiro atoms. The number of rotatable bonds is 9. The summed E-state index contributed by atoms with van der Waals surface area (Å²) in [6, 6.07) is 0.337. The summed E-state index contributed by atoms with van der Waals surface area (Å²) < 4.78 is 3.26. The van der Waals surface area contributed by atoms with Crippen molar-refractivity contribution < 1.29 is 0 Å². The lowest BCUT2D eigenvalue weighted by atomic mass is 9.88. The highest BCUT2D eigenvalue weighted by atomic mass is 79.9. The topological polar surface area (TPSA) is 33.1 Å². The van der Waals surface area contributed by atoms with E-state index in [1.807, 2.05) is 6.20 Å². The van der Waals surface area contributed by atoms with E-state index in [4.69, 9.17) is 0 Å². The highest BCUT2D eigenvalue weighted by Gasteiger charge is 2.26. The maximum absolute atomic E-state index is 4.56. The zero-order valence-corrected chi connectivity index (χ0v) is 15.9. The molecule has 2 atom stereocenters. The van der Waals surface area contributed by atoms with Crippen LogP contribution in [0.15, 0.2) is 10.7 Å². The van der Waals surface area contributed by atoms with Crippen LogP contribution in [0.25, 0.3) is 0 Å². The zero-order chi connectivity index (χ0) is 16.0. The second kappa shape index (κ2) is 8.91. The molecule has 1 rings (SSSR count). The Labute approximate surface area is 138 Å². The first-order valence-electron chi connectivity index (χ1n) is 7.97. The molecule has 0 aliphatic rings. The van der Waals surface area contributed by atoms with E-state index in [2.05, 4.69) is 77.7 Å². The molecule has 0 aliphatic heterocycles. The molecular weight excluding hydrogens is 328 g/mol. The van der Waals surface area contributed by atoms with Crippen LogP contribution in [0.3, 0.4) is 0 Å². The maximum Gasteiger partial charge on any atom is 0.0699 e. The van der Waals surface area contributed by atoms with Gasteiger partial charge in [-0.25, -0.2) is 0 Å². The summed E-state index contributed by atoms with van der Waals surface area (Å²) in [7, 11) is 4.20. The van der Waals surface area contributed by atoms with Gasteiger partial charge in [0.15, 0.2) is 0 Å². The number of hydrogen-bond acceptors (Lipinski definition) is 3. The number of nitrogens with one attached hydrogen (secondary N) is 1. The normalized spacial score (nSPS) is 14.9. The minimum Gasteiger partial charge on any atom is -0.308 e. The van der Waals surface area contributed by atoms with E-state index in [0.29, 0.717) is 17.9 Å². The molecule has 2 unspecified atom stereocenters. The first-order valence-corrected chi connectivity index (χ1v) is 8.77. The van der Waals surface area contributed by atoms with Gasteiger partial charge in [0.05, 0.1) is 29.0 Å². The summed E-state index contributed by atoms with van der Waals surface area (Å²) in [4.78, 5) is 2.19. The van der Waals surface area contributed by atoms with E-state index in [1.54, 1.807) is 0 Å². The molecule has 0 saturated heterocycles. The van der Waals surface area contributed by atoms with Gasteiger partial charge in [-0.05, 0) is 54.8 Å². The molecule has 0 fully saturated rings. The molecule has 1 aromatic heterocycles. The Hall–Kier alpha value is -0.390. The van der Waals surface area contributed by atoms with Crippen molar-refractivity contribution in [2.45, 2.75) is 46.7 Å². The third kappa shape index (κ3) is 5.38. The van der Waals surface area contributed by atoms with Gasteiger partial charge in [0.1, 0.15) is 0 Å². The Morgan fingerprint density at radius 3 is 2.52 bits per heavy atom. The smallest absolute Gasteiger partial charge is 0.0699 e. The zero-order valence-electron chi connectivity index (χ0n) is 14.4. The van der Waals surface area contributed by atoms with Crippen molar-refractivity contribution in [3.63, 3.8) is 0 Å². The van der Waals surface area contributed by atoms with Crippen LogP contribution in [0, 0.1) is 11.8 Å². The monoisotopic (exact) mass is 358 g/mol. The van der Waals surface area contributed by atoms with E-state index in [9.17, 15) is 0 Å². The van der Waals surface area contributed by atoms with Crippen molar-refractivity contribution in [2.24, 2.45) is 11.8 Å². The van der Waals surface area contributed by atoms with Crippen molar-refractivity contribution in [3.05, 3.63) is 16.4 Å². The van der Waals surface area contributed by atoms with Crippen LogP contribution >= 0.6 is 15.9 Å². The molecule has 4 nitrogen and oxygen atoms in total. The number of halogens is 1. The lowest BCUT2D eigenvalue weighted by Gasteiger charge is -2.29. The molecule has 0 saturated carbocycles. The van der Waals surface area contributed by atoms with Gasteiger partial charge in [0.25, 0.3) is 0 Å². The van der Waals surface area contributed by atoms with E-state index in [0.717, 1.165) is 30.5 Å². The van der Waals surface area contributed by atoms with Crippen LogP contribution in [0.1, 0.15) is 45.9 Å². The Bertz CT molecular complexity index is 414. The van der Waals surface area contributed by atoms with Gasteiger partial charge in [0.2, 0.25) is 0 Å². The Morgan fingerprint density at radius 2 is 2.00 bits per heavy atom. The molecule has 0 aliphatic carbocycles. The molecule has 0 aromatic carbocycles. The predicted molar refractivity (Wildman–Crippen MR) is 93.5 cm³/mol.